The molecule has 37 heavy (non-hydrogen) atoms. The van der Waals surface area contributed by atoms with Crippen LogP contribution >= 0.6 is 0 Å². The van der Waals surface area contributed by atoms with Crippen LogP contribution in [0.25, 0.3) is 22.1 Å². The number of para-hydroxylation sites is 1. The summed E-state index contributed by atoms with van der Waals surface area (Å²) in [6.45, 7) is 0. The van der Waals surface area contributed by atoms with Gasteiger partial charge < -0.3 is 8.60 Å². The molecular formula is C27H19NO7S2. The van der Waals surface area contributed by atoms with Crippen LogP contribution in [0.2, 0.25) is 0 Å². The van der Waals surface area contributed by atoms with Gasteiger partial charge in [-0.2, -0.15) is 8.42 Å². The van der Waals surface area contributed by atoms with Crippen LogP contribution in [-0.4, -0.2) is 16.8 Å². The van der Waals surface area contributed by atoms with Gasteiger partial charge in [-0.3, -0.25) is 4.72 Å². The lowest BCUT2D eigenvalue weighted by Gasteiger charge is -2.11. The number of benzene rings is 4. The summed E-state index contributed by atoms with van der Waals surface area (Å²) in [6, 6.07) is 28.8. The number of rotatable bonds is 7. The van der Waals surface area contributed by atoms with Crippen molar-refractivity contribution >= 4 is 36.8 Å². The topological polar surface area (TPSA) is 120 Å². The van der Waals surface area contributed by atoms with Crippen molar-refractivity contribution in [2.45, 2.75) is 9.79 Å². The predicted molar refractivity (Wildman–Crippen MR) is 139 cm³/mol. The molecule has 1 aromatic heterocycles. The average molecular weight is 534 g/mol. The third kappa shape index (κ3) is 5.11. The molecule has 0 spiro atoms. The van der Waals surface area contributed by atoms with Crippen LogP contribution in [0, 0.1) is 0 Å². The van der Waals surface area contributed by atoms with Gasteiger partial charge in [0.25, 0.3) is 10.0 Å². The quantitative estimate of drug-likeness (QED) is 0.230. The Kier molecular flexibility index (Phi) is 6.28. The summed E-state index contributed by atoms with van der Waals surface area (Å²) in [4.78, 5) is 12.6. The Labute approximate surface area is 213 Å². The molecule has 0 saturated heterocycles. The lowest BCUT2D eigenvalue weighted by Crippen LogP contribution is -2.18. The van der Waals surface area contributed by atoms with E-state index in [2.05, 4.69) is 4.72 Å². The van der Waals surface area contributed by atoms with E-state index >= 15 is 0 Å². The number of nitrogens with one attached hydrogen (secondary N) is 1. The number of hydrogen-bond acceptors (Lipinski definition) is 7. The van der Waals surface area contributed by atoms with E-state index < -0.39 is 25.8 Å². The number of anilines is 1. The van der Waals surface area contributed by atoms with Gasteiger partial charge in [0.1, 0.15) is 10.6 Å². The van der Waals surface area contributed by atoms with Crippen molar-refractivity contribution in [3.8, 4) is 16.9 Å². The van der Waals surface area contributed by atoms with E-state index in [0.717, 1.165) is 11.1 Å². The first-order chi connectivity index (χ1) is 17.7. The van der Waals surface area contributed by atoms with E-state index in [9.17, 15) is 21.6 Å². The fourth-order valence-corrected chi connectivity index (χ4v) is 5.67. The Morgan fingerprint density at radius 3 is 1.95 bits per heavy atom. The molecule has 1 N–H and O–H groups in total. The molecule has 4 aromatic carbocycles. The highest BCUT2D eigenvalue weighted by molar-refractivity contribution is 7.92. The number of hydrogen-bond donors (Lipinski definition) is 1. The standard InChI is InChI=1S/C27H19NO7S2/c29-27-24(28-36(30,31)22-16-14-20(15-17-22)19-8-3-1-4-9-19)18-21-10-7-13-25(26(21)34-27)35-37(32,33)23-11-5-2-6-12-23/h1-18,28H. The molecule has 0 fully saturated rings. The van der Waals surface area contributed by atoms with Crippen molar-refractivity contribution in [2.75, 3.05) is 4.72 Å². The summed E-state index contributed by atoms with van der Waals surface area (Å²) < 4.78 is 63.9. The molecule has 0 aliphatic rings. The van der Waals surface area contributed by atoms with Crippen molar-refractivity contribution in [1.82, 2.24) is 0 Å². The van der Waals surface area contributed by atoms with Gasteiger partial charge in [-0.05, 0) is 47.5 Å². The van der Waals surface area contributed by atoms with Crippen molar-refractivity contribution in [3.05, 3.63) is 120 Å². The largest absolute Gasteiger partial charge is 0.417 e. The second kappa shape index (κ2) is 9.57. The molecule has 0 bridgehead atoms. The highest BCUT2D eigenvalue weighted by Gasteiger charge is 2.21. The zero-order valence-electron chi connectivity index (χ0n) is 19.1. The van der Waals surface area contributed by atoms with Crippen LogP contribution in [0.15, 0.2) is 128 Å². The molecule has 0 saturated carbocycles. The molecule has 0 atom stereocenters. The molecule has 0 radical (unpaired) electrons. The summed E-state index contributed by atoms with van der Waals surface area (Å²) in [5, 5.41) is 0.262. The van der Waals surface area contributed by atoms with E-state index in [1.165, 1.54) is 48.5 Å². The maximum absolute atomic E-state index is 13.0. The van der Waals surface area contributed by atoms with Crippen molar-refractivity contribution < 1.29 is 25.4 Å². The summed E-state index contributed by atoms with van der Waals surface area (Å²) >= 11 is 0. The highest BCUT2D eigenvalue weighted by atomic mass is 32.2. The summed E-state index contributed by atoms with van der Waals surface area (Å²) in [7, 11) is -8.31. The van der Waals surface area contributed by atoms with E-state index in [-0.39, 0.29) is 32.2 Å². The zero-order chi connectivity index (χ0) is 26.0. The molecule has 8 nitrogen and oxygen atoms in total. The molecule has 0 amide bonds. The SMILES string of the molecule is O=c1oc2c(OS(=O)(=O)c3ccccc3)cccc2cc1NS(=O)(=O)c1ccc(-c2ccccc2)cc1. The van der Waals surface area contributed by atoms with E-state index in [0.29, 0.717) is 0 Å². The molecule has 5 aromatic rings. The fourth-order valence-electron chi connectivity index (χ4n) is 3.67. The van der Waals surface area contributed by atoms with Gasteiger partial charge in [0.2, 0.25) is 0 Å². The van der Waals surface area contributed by atoms with Gasteiger partial charge in [0.05, 0.1) is 4.90 Å². The summed E-state index contributed by atoms with van der Waals surface area (Å²) in [5.41, 5.74) is 0.291. The average Bonchev–Trinajstić information content (AvgIpc) is 2.90. The van der Waals surface area contributed by atoms with Crippen molar-refractivity contribution in [2.24, 2.45) is 0 Å². The normalized spacial score (nSPS) is 11.8. The molecule has 0 aliphatic carbocycles. The Morgan fingerprint density at radius 1 is 0.649 bits per heavy atom. The second-order valence-electron chi connectivity index (χ2n) is 7.97. The lowest BCUT2D eigenvalue weighted by atomic mass is 10.1. The third-order valence-corrected chi connectivity index (χ3v) is 8.10. The molecule has 0 unspecified atom stereocenters. The van der Waals surface area contributed by atoms with Gasteiger partial charge in [-0.15, -0.1) is 0 Å². The van der Waals surface area contributed by atoms with E-state index in [1.54, 1.807) is 30.3 Å². The minimum atomic E-state index is -4.19. The van der Waals surface area contributed by atoms with Crippen LogP contribution in [0.1, 0.15) is 0 Å². The van der Waals surface area contributed by atoms with Gasteiger partial charge in [-0.25, -0.2) is 13.2 Å². The minimum absolute atomic E-state index is 0.0438. The highest BCUT2D eigenvalue weighted by Crippen LogP contribution is 2.29. The Morgan fingerprint density at radius 2 is 1.27 bits per heavy atom. The Hall–Kier alpha value is -4.41. The van der Waals surface area contributed by atoms with Crippen LogP contribution < -0.4 is 14.5 Å². The van der Waals surface area contributed by atoms with E-state index in [1.807, 2.05) is 30.3 Å². The summed E-state index contributed by atoms with van der Waals surface area (Å²) in [6.07, 6.45) is 0. The van der Waals surface area contributed by atoms with Gasteiger partial charge in [0.15, 0.2) is 11.3 Å². The zero-order valence-corrected chi connectivity index (χ0v) is 20.7. The van der Waals surface area contributed by atoms with Gasteiger partial charge in [-0.1, -0.05) is 72.8 Å². The molecular weight excluding hydrogens is 514 g/mol. The first kappa shape index (κ1) is 24.3. The summed E-state index contributed by atoms with van der Waals surface area (Å²) in [5.74, 6) is -0.204. The molecule has 186 valence electrons. The van der Waals surface area contributed by atoms with E-state index in [4.69, 9.17) is 8.60 Å². The number of sulfonamides is 1. The van der Waals surface area contributed by atoms with Crippen molar-refractivity contribution in [1.29, 1.82) is 0 Å². The molecule has 0 aliphatic heterocycles. The first-order valence-electron chi connectivity index (χ1n) is 11.0. The van der Waals surface area contributed by atoms with Gasteiger partial charge in [0, 0.05) is 5.39 Å². The van der Waals surface area contributed by atoms with Crippen LogP contribution in [0.5, 0.6) is 5.75 Å². The monoisotopic (exact) mass is 533 g/mol. The maximum atomic E-state index is 13.0. The van der Waals surface area contributed by atoms with Crippen LogP contribution in [-0.2, 0) is 20.1 Å². The molecule has 5 rings (SSSR count). The molecule has 1 heterocycles. The lowest BCUT2D eigenvalue weighted by molar-refractivity contribution is 0.475. The van der Waals surface area contributed by atoms with Crippen LogP contribution in [0.3, 0.4) is 0 Å². The van der Waals surface area contributed by atoms with Crippen LogP contribution in [0.4, 0.5) is 5.69 Å². The minimum Gasteiger partial charge on any atom is -0.417 e. The number of fused-ring (bicyclic) bond motifs is 1. The first-order valence-corrected chi connectivity index (χ1v) is 13.9. The van der Waals surface area contributed by atoms with Crippen molar-refractivity contribution in [3.63, 3.8) is 0 Å². The predicted octanol–water partition coefficient (Wildman–Crippen LogP) is 5.03. The molecule has 10 heteroatoms. The Bertz CT molecular complexity index is 1850. The smallest absolute Gasteiger partial charge is 0.360 e. The second-order valence-corrected chi connectivity index (χ2v) is 11.2. The fraction of sp³-hybridized carbons (Fsp3) is 0. The Balaban J connectivity index is 1.44. The van der Waals surface area contributed by atoms with Gasteiger partial charge >= 0.3 is 15.7 Å². The maximum Gasteiger partial charge on any atom is 0.360 e. The third-order valence-electron chi connectivity index (χ3n) is 5.47.